The van der Waals surface area contributed by atoms with Gasteiger partial charge in [0.2, 0.25) is 0 Å². The molecule has 5 nitrogen and oxygen atoms in total. The minimum atomic E-state index is -3.95. The first kappa shape index (κ1) is 20.4. The Bertz CT molecular complexity index is 1220. The van der Waals surface area contributed by atoms with Gasteiger partial charge in [-0.15, -0.1) is 0 Å². The predicted octanol–water partition coefficient (Wildman–Crippen LogP) is 4.65. The summed E-state index contributed by atoms with van der Waals surface area (Å²) in [6, 6.07) is 19.4. The van der Waals surface area contributed by atoms with Gasteiger partial charge in [-0.1, -0.05) is 48.0 Å². The number of carbonyl (C=O) groups excluding carboxylic acids is 1. The van der Waals surface area contributed by atoms with Crippen LogP contribution in [-0.4, -0.2) is 25.8 Å². The van der Waals surface area contributed by atoms with Gasteiger partial charge >= 0.3 is 0 Å². The molecule has 1 N–H and O–H groups in total. The number of nitrogens with one attached hydrogen (secondary N) is 1. The van der Waals surface area contributed by atoms with Gasteiger partial charge in [0, 0.05) is 24.3 Å². The molecule has 30 heavy (non-hydrogen) atoms. The number of aryl methyl sites for hydroxylation is 1. The number of nitrogens with zero attached hydrogens (tertiary/aromatic N) is 1. The van der Waals surface area contributed by atoms with Gasteiger partial charge in [-0.2, -0.15) is 0 Å². The van der Waals surface area contributed by atoms with Crippen molar-refractivity contribution < 1.29 is 13.2 Å². The lowest BCUT2D eigenvalue weighted by atomic mass is 9.99. The van der Waals surface area contributed by atoms with E-state index >= 15 is 0 Å². The summed E-state index contributed by atoms with van der Waals surface area (Å²) in [6.07, 6.45) is 0.773. The summed E-state index contributed by atoms with van der Waals surface area (Å²) in [5.74, 6) is -0.215. The highest BCUT2D eigenvalue weighted by atomic mass is 35.5. The van der Waals surface area contributed by atoms with E-state index in [9.17, 15) is 13.2 Å². The van der Waals surface area contributed by atoms with Crippen molar-refractivity contribution in [1.82, 2.24) is 4.90 Å². The van der Waals surface area contributed by atoms with Crippen molar-refractivity contribution in [1.29, 1.82) is 0 Å². The van der Waals surface area contributed by atoms with Crippen LogP contribution in [0, 0.1) is 6.92 Å². The number of sulfonamides is 1. The van der Waals surface area contributed by atoms with E-state index in [4.69, 9.17) is 11.6 Å². The predicted molar refractivity (Wildman–Crippen MR) is 118 cm³/mol. The molecule has 1 aliphatic rings. The van der Waals surface area contributed by atoms with Crippen LogP contribution in [0.15, 0.2) is 71.6 Å². The van der Waals surface area contributed by atoms with Crippen LogP contribution >= 0.6 is 11.6 Å². The summed E-state index contributed by atoms with van der Waals surface area (Å²) in [5, 5.41) is 0.0655. The highest BCUT2D eigenvalue weighted by Crippen LogP contribution is 2.27. The lowest BCUT2D eigenvalue weighted by molar-refractivity contribution is 0.0734. The zero-order valence-electron chi connectivity index (χ0n) is 16.4. The number of carbonyl (C=O) groups is 1. The van der Waals surface area contributed by atoms with Crippen molar-refractivity contribution in [2.75, 3.05) is 11.3 Å². The Labute approximate surface area is 181 Å². The van der Waals surface area contributed by atoms with E-state index in [2.05, 4.69) is 10.8 Å². The third-order valence-corrected chi connectivity index (χ3v) is 7.02. The monoisotopic (exact) mass is 440 g/mol. The van der Waals surface area contributed by atoms with Crippen LogP contribution < -0.4 is 4.72 Å². The van der Waals surface area contributed by atoms with Gasteiger partial charge < -0.3 is 4.90 Å². The number of hydrogen-bond acceptors (Lipinski definition) is 3. The van der Waals surface area contributed by atoms with E-state index < -0.39 is 10.0 Å². The average Bonchev–Trinajstić information content (AvgIpc) is 2.73. The van der Waals surface area contributed by atoms with Gasteiger partial charge in [0.1, 0.15) is 4.90 Å². The maximum absolute atomic E-state index is 13.1. The molecule has 0 radical (unpaired) electrons. The smallest absolute Gasteiger partial charge is 0.263 e. The zero-order chi connectivity index (χ0) is 21.3. The third kappa shape index (κ3) is 4.20. The Morgan fingerprint density at radius 2 is 1.77 bits per heavy atom. The minimum Gasteiger partial charge on any atom is -0.334 e. The fraction of sp³-hybridized carbons (Fsp3) is 0.174. The molecule has 1 amide bonds. The Balaban J connectivity index is 1.61. The molecule has 0 aromatic heterocycles. The second-order valence-electron chi connectivity index (χ2n) is 7.37. The topological polar surface area (TPSA) is 66.5 Å². The second-order valence-corrected chi connectivity index (χ2v) is 9.42. The summed E-state index contributed by atoms with van der Waals surface area (Å²) < 4.78 is 28.4. The molecule has 0 unspecified atom stereocenters. The molecule has 1 aliphatic heterocycles. The molecule has 3 aromatic rings. The summed E-state index contributed by atoms with van der Waals surface area (Å²) in [7, 11) is -3.95. The molecule has 0 saturated heterocycles. The van der Waals surface area contributed by atoms with Crippen molar-refractivity contribution in [2.45, 2.75) is 24.8 Å². The van der Waals surface area contributed by atoms with Gasteiger partial charge in [0.15, 0.2) is 0 Å². The van der Waals surface area contributed by atoms with Crippen molar-refractivity contribution in [3.05, 3.63) is 94.0 Å². The lowest BCUT2D eigenvalue weighted by Crippen LogP contribution is -2.36. The van der Waals surface area contributed by atoms with Crippen LogP contribution in [0.4, 0.5) is 5.69 Å². The molecule has 154 valence electrons. The quantitative estimate of drug-likeness (QED) is 0.642. The number of halogens is 1. The number of hydrogen-bond donors (Lipinski definition) is 1. The van der Waals surface area contributed by atoms with E-state index in [1.54, 1.807) is 29.2 Å². The van der Waals surface area contributed by atoms with Crippen LogP contribution in [0.1, 0.15) is 27.0 Å². The van der Waals surface area contributed by atoms with E-state index in [0.29, 0.717) is 24.3 Å². The number of rotatable bonds is 4. The molecule has 1 heterocycles. The average molecular weight is 441 g/mol. The summed E-state index contributed by atoms with van der Waals surface area (Å²) >= 11 is 6.19. The van der Waals surface area contributed by atoms with E-state index in [1.807, 2.05) is 31.2 Å². The summed E-state index contributed by atoms with van der Waals surface area (Å²) in [6.45, 7) is 2.96. The Hall–Kier alpha value is -2.83. The molecule has 0 spiro atoms. The van der Waals surface area contributed by atoms with Crippen molar-refractivity contribution >= 4 is 33.2 Å². The number of anilines is 1. The van der Waals surface area contributed by atoms with Gasteiger partial charge in [-0.3, -0.25) is 9.52 Å². The van der Waals surface area contributed by atoms with Crippen molar-refractivity contribution in [3.8, 4) is 0 Å². The Morgan fingerprint density at radius 1 is 1.00 bits per heavy atom. The van der Waals surface area contributed by atoms with Gasteiger partial charge in [0.05, 0.1) is 5.02 Å². The fourth-order valence-electron chi connectivity index (χ4n) is 3.61. The van der Waals surface area contributed by atoms with Gasteiger partial charge in [-0.25, -0.2) is 8.42 Å². The van der Waals surface area contributed by atoms with E-state index in [-0.39, 0.29) is 15.8 Å². The maximum Gasteiger partial charge on any atom is 0.263 e. The number of fused-ring (bicyclic) bond motifs is 1. The summed E-state index contributed by atoms with van der Waals surface area (Å²) in [4.78, 5) is 14.7. The zero-order valence-corrected chi connectivity index (χ0v) is 18.0. The summed E-state index contributed by atoms with van der Waals surface area (Å²) in [5.41, 5.74) is 4.01. The fourth-order valence-corrected chi connectivity index (χ4v) is 5.19. The van der Waals surface area contributed by atoms with Gasteiger partial charge in [0.25, 0.3) is 15.9 Å². The Kier molecular flexibility index (Phi) is 5.54. The van der Waals surface area contributed by atoms with Crippen LogP contribution in [0.25, 0.3) is 0 Å². The first-order chi connectivity index (χ1) is 14.3. The highest BCUT2D eigenvalue weighted by Gasteiger charge is 2.25. The SMILES string of the molecule is Cc1cccc(NS(=O)(=O)c2cc(C(=O)N3CCc4ccccc4C3)ccc2Cl)c1. The lowest BCUT2D eigenvalue weighted by Gasteiger charge is -2.29. The van der Waals surface area contributed by atoms with Crippen LogP contribution in [0.2, 0.25) is 5.02 Å². The van der Waals surface area contributed by atoms with Crippen LogP contribution in [0.5, 0.6) is 0 Å². The molecule has 0 bridgehead atoms. The number of amides is 1. The largest absolute Gasteiger partial charge is 0.334 e. The standard InChI is InChI=1S/C23H21ClN2O3S/c1-16-5-4-8-20(13-16)25-30(28,29)22-14-18(9-10-21(22)24)23(27)26-12-11-17-6-2-3-7-19(17)15-26/h2-10,13-14,25H,11-12,15H2,1H3. The van der Waals surface area contributed by atoms with Crippen molar-refractivity contribution in [3.63, 3.8) is 0 Å². The molecule has 0 atom stereocenters. The highest BCUT2D eigenvalue weighted by molar-refractivity contribution is 7.92. The maximum atomic E-state index is 13.1. The van der Waals surface area contributed by atoms with Gasteiger partial charge in [-0.05, 0) is 60.4 Å². The molecule has 0 aliphatic carbocycles. The molecule has 7 heteroatoms. The second kappa shape index (κ2) is 8.13. The van der Waals surface area contributed by atoms with E-state index in [0.717, 1.165) is 17.5 Å². The third-order valence-electron chi connectivity index (χ3n) is 5.16. The number of benzene rings is 3. The molecule has 0 fully saturated rings. The normalized spacial score (nSPS) is 13.6. The molecular formula is C23H21ClN2O3S. The minimum absolute atomic E-state index is 0.0655. The first-order valence-corrected chi connectivity index (χ1v) is 11.4. The van der Waals surface area contributed by atoms with Crippen LogP contribution in [-0.2, 0) is 23.0 Å². The van der Waals surface area contributed by atoms with E-state index in [1.165, 1.54) is 17.7 Å². The van der Waals surface area contributed by atoms with Crippen LogP contribution in [0.3, 0.4) is 0 Å². The molecule has 4 rings (SSSR count). The Morgan fingerprint density at radius 3 is 2.53 bits per heavy atom. The molecular weight excluding hydrogens is 420 g/mol. The first-order valence-electron chi connectivity index (χ1n) is 9.58. The van der Waals surface area contributed by atoms with Crippen molar-refractivity contribution in [2.24, 2.45) is 0 Å². The molecule has 3 aromatic carbocycles. The molecule has 0 saturated carbocycles.